The van der Waals surface area contributed by atoms with Gasteiger partial charge in [-0.15, -0.1) is 11.3 Å². The Morgan fingerprint density at radius 2 is 2.27 bits per heavy atom. The number of carbonyl (C=O) groups is 1. The number of aryl methyl sites for hydroxylation is 1. The number of morpholine rings is 1. The number of carbonyl (C=O) groups excluding carboxylic acids is 1. The summed E-state index contributed by atoms with van der Waals surface area (Å²) in [6.45, 7) is 4.21. The summed E-state index contributed by atoms with van der Waals surface area (Å²) >= 11 is 1.55. The Labute approximate surface area is 135 Å². The monoisotopic (exact) mass is 321 g/mol. The van der Waals surface area contributed by atoms with Crippen LogP contribution in [0.5, 0.6) is 0 Å². The predicted octanol–water partition coefficient (Wildman–Crippen LogP) is 2.86. The summed E-state index contributed by atoms with van der Waals surface area (Å²) in [4.78, 5) is 15.8. The molecule has 0 unspecified atom stereocenters. The van der Waals surface area contributed by atoms with Crippen LogP contribution in [-0.4, -0.2) is 48.8 Å². The van der Waals surface area contributed by atoms with Crippen molar-refractivity contribution in [3.63, 3.8) is 0 Å². The SMILES string of the molecule is Cc1ccsc1C(=O)N1CCO[C@H]2[C@@H](OCC3CC3)CC[C@@H]21. The quantitative estimate of drug-likeness (QED) is 0.856. The topological polar surface area (TPSA) is 38.8 Å². The van der Waals surface area contributed by atoms with Gasteiger partial charge in [-0.25, -0.2) is 0 Å². The molecule has 0 aromatic carbocycles. The standard InChI is InChI=1S/C17H23NO3S/c1-11-6-9-22-16(11)17(19)18-7-8-20-15-13(18)4-5-14(15)21-10-12-2-3-12/h6,9,12-15H,2-5,7-8,10H2,1H3/t13-,14-,15+/m0/s1. The Kier molecular flexibility index (Phi) is 3.96. The van der Waals surface area contributed by atoms with Gasteiger partial charge in [-0.05, 0) is 55.5 Å². The summed E-state index contributed by atoms with van der Waals surface area (Å²) in [5, 5.41) is 2.00. The van der Waals surface area contributed by atoms with E-state index in [2.05, 4.69) is 0 Å². The van der Waals surface area contributed by atoms with Gasteiger partial charge in [0, 0.05) is 13.2 Å². The number of hydrogen-bond acceptors (Lipinski definition) is 4. The van der Waals surface area contributed by atoms with Gasteiger partial charge in [0.05, 0.1) is 23.6 Å². The van der Waals surface area contributed by atoms with Gasteiger partial charge in [0.1, 0.15) is 6.10 Å². The van der Waals surface area contributed by atoms with E-state index in [9.17, 15) is 4.79 Å². The molecular weight excluding hydrogens is 298 g/mol. The molecule has 1 amide bonds. The first-order valence-corrected chi connectivity index (χ1v) is 9.20. The number of amides is 1. The van der Waals surface area contributed by atoms with Gasteiger partial charge in [-0.1, -0.05) is 0 Å². The third-order valence-corrected chi connectivity index (χ3v) is 6.10. The third kappa shape index (κ3) is 2.70. The van der Waals surface area contributed by atoms with Crippen LogP contribution < -0.4 is 0 Å². The van der Waals surface area contributed by atoms with Crippen molar-refractivity contribution in [3.05, 3.63) is 21.9 Å². The second-order valence-corrected chi connectivity index (χ2v) is 7.64. The molecule has 22 heavy (non-hydrogen) atoms. The highest BCUT2D eigenvalue weighted by Crippen LogP contribution is 2.36. The second kappa shape index (κ2) is 5.95. The van der Waals surface area contributed by atoms with E-state index in [-0.39, 0.29) is 24.2 Å². The van der Waals surface area contributed by atoms with Crippen molar-refractivity contribution in [2.24, 2.45) is 5.92 Å². The minimum absolute atomic E-state index is 0.0664. The Hall–Kier alpha value is -0.910. The maximum atomic E-state index is 12.8. The van der Waals surface area contributed by atoms with E-state index in [0.29, 0.717) is 13.2 Å². The van der Waals surface area contributed by atoms with Crippen molar-refractivity contribution in [2.45, 2.75) is 50.9 Å². The first kappa shape index (κ1) is 14.7. The Morgan fingerprint density at radius 1 is 1.41 bits per heavy atom. The van der Waals surface area contributed by atoms with Crippen LogP contribution in [0.15, 0.2) is 11.4 Å². The van der Waals surface area contributed by atoms with Gasteiger partial charge in [0.2, 0.25) is 0 Å². The van der Waals surface area contributed by atoms with E-state index in [1.54, 1.807) is 11.3 Å². The van der Waals surface area contributed by atoms with Crippen LogP contribution in [0.4, 0.5) is 0 Å². The number of rotatable bonds is 4. The van der Waals surface area contributed by atoms with E-state index < -0.39 is 0 Å². The predicted molar refractivity (Wildman–Crippen MR) is 85.3 cm³/mol. The summed E-state index contributed by atoms with van der Waals surface area (Å²) in [6, 6.07) is 2.21. The molecule has 3 atom stereocenters. The molecule has 4 rings (SSSR count). The van der Waals surface area contributed by atoms with Crippen LogP contribution in [0.3, 0.4) is 0 Å². The maximum absolute atomic E-state index is 12.8. The Morgan fingerprint density at radius 3 is 3.00 bits per heavy atom. The molecule has 1 aromatic heterocycles. The molecule has 2 aliphatic carbocycles. The zero-order valence-corrected chi connectivity index (χ0v) is 13.8. The smallest absolute Gasteiger partial charge is 0.264 e. The van der Waals surface area contributed by atoms with Crippen LogP contribution >= 0.6 is 11.3 Å². The average molecular weight is 321 g/mol. The molecule has 0 N–H and O–H groups in total. The molecule has 0 radical (unpaired) electrons. The van der Waals surface area contributed by atoms with Crippen molar-refractivity contribution >= 4 is 17.2 Å². The minimum Gasteiger partial charge on any atom is -0.375 e. The first-order valence-electron chi connectivity index (χ1n) is 8.32. The zero-order valence-electron chi connectivity index (χ0n) is 13.0. The summed E-state index contributed by atoms with van der Waals surface area (Å²) in [6.07, 6.45) is 4.86. The molecule has 3 fully saturated rings. The normalized spacial score (nSPS) is 31.3. The zero-order chi connectivity index (χ0) is 15.1. The summed E-state index contributed by atoms with van der Waals surface area (Å²) < 4.78 is 12.1. The number of fused-ring (bicyclic) bond motifs is 1. The lowest BCUT2D eigenvalue weighted by atomic mass is 10.1. The number of thiophene rings is 1. The van der Waals surface area contributed by atoms with Gasteiger partial charge < -0.3 is 14.4 Å². The van der Waals surface area contributed by atoms with E-state index in [1.165, 1.54) is 12.8 Å². The first-order chi connectivity index (χ1) is 10.7. The van der Waals surface area contributed by atoms with Gasteiger partial charge in [-0.3, -0.25) is 4.79 Å². The van der Waals surface area contributed by atoms with Crippen molar-refractivity contribution in [1.82, 2.24) is 4.90 Å². The van der Waals surface area contributed by atoms with Gasteiger partial charge in [0.15, 0.2) is 0 Å². The fourth-order valence-electron chi connectivity index (χ4n) is 3.61. The Balaban J connectivity index is 1.45. The summed E-state index contributed by atoms with van der Waals surface area (Å²) in [5.41, 5.74) is 1.08. The molecule has 1 aromatic rings. The van der Waals surface area contributed by atoms with Gasteiger partial charge in [0.25, 0.3) is 5.91 Å². The van der Waals surface area contributed by atoms with Crippen molar-refractivity contribution < 1.29 is 14.3 Å². The number of ether oxygens (including phenoxy) is 2. The third-order valence-electron chi connectivity index (χ3n) is 5.10. The molecule has 1 aliphatic heterocycles. The molecular formula is C17H23NO3S. The van der Waals surface area contributed by atoms with E-state index >= 15 is 0 Å². The number of hydrogen-bond donors (Lipinski definition) is 0. The van der Waals surface area contributed by atoms with E-state index in [1.807, 2.05) is 23.3 Å². The van der Waals surface area contributed by atoms with Crippen LogP contribution in [0.25, 0.3) is 0 Å². The van der Waals surface area contributed by atoms with Crippen LogP contribution in [0.2, 0.25) is 0 Å². The number of nitrogens with zero attached hydrogens (tertiary/aromatic N) is 1. The molecule has 3 aliphatic rings. The molecule has 5 heteroatoms. The molecule has 4 nitrogen and oxygen atoms in total. The molecule has 2 saturated carbocycles. The highest BCUT2D eigenvalue weighted by molar-refractivity contribution is 7.12. The lowest BCUT2D eigenvalue weighted by Gasteiger charge is -2.39. The molecule has 0 bridgehead atoms. The van der Waals surface area contributed by atoms with Crippen LogP contribution in [0, 0.1) is 12.8 Å². The summed E-state index contributed by atoms with van der Waals surface area (Å²) in [7, 11) is 0. The largest absolute Gasteiger partial charge is 0.375 e. The second-order valence-electron chi connectivity index (χ2n) is 6.73. The van der Waals surface area contributed by atoms with Crippen molar-refractivity contribution in [2.75, 3.05) is 19.8 Å². The molecule has 2 heterocycles. The molecule has 120 valence electrons. The minimum atomic E-state index is 0.0664. The molecule has 0 spiro atoms. The van der Waals surface area contributed by atoms with E-state index in [0.717, 1.165) is 35.8 Å². The lowest BCUT2D eigenvalue weighted by Crippen LogP contribution is -2.53. The van der Waals surface area contributed by atoms with Crippen LogP contribution in [0.1, 0.15) is 40.9 Å². The summed E-state index contributed by atoms with van der Waals surface area (Å²) in [5.74, 6) is 0.947. The van der Waals surface area contributed by atoms with E-state index in [4.69, 9.17) is 9.47 Å². The van der Waals surface area contributed by atoms with Gasteiger partial charge >= 0.3 is 0 Å². The van der Waals surface area contributed by atoms with Crippen LogP contribution in [-0.2, 0) is 9.47 Å². The lowest BCUT2D eigenvalue weighted by molar-refractivity contribution is -0.106. The highest BCUT2D eigenvalue weighted by Gasteiger charge is 2.45. The fourth-order valence-corrected chi connectivity index (χ4v) is 4.49. The Bertz CT molecular complexity index is 554. The average Bonchev–Trinajstić information content (AvgIpc) is 3.11. The van der Waals surface area contributed by atoms with Crippen molar-refractivity contribution in [1.29, 1.82) is 0 Å². The van der Waals surface area contributed by atoms with Crippen molar-refractivity contribution in [3.8, 4) is 0 Å². The molecule has 1 saturated heterocycles. The fraction of sp³-hybridized carbons (Fsp3) is 0.706. The van der Waals surface area contributed by atoms with Gasteiger partial charge in [-0.2, -0.15) is 0 Å². The maximum Gasteiger partial charge on any atom is 0.264 e. The highest BCUT2D eigenvalue weighted by atomic mass is 32.1.